The Morgan fingerprint density at radius 1 is 0.667 bits per heavy atom. The number of carboxylic acids is 1. The zero-order valence-electron chi connectivity index (χ0n) is 26.8. The van der Waals surface area contributed by atoms with Crippen LogP contribution in [-0.4, -0.2) is 35.6 Å². The van der Waals surface area contributed by atoms with Crippen LogP contribution in [0.1, 0.15) is 149 Å². The summed E-state index contributed by atoms with van der Waals surface area (Å²) in [4.78, 5) is 34.7. The Bertz CT molecular complexity index is 784. The molecule has 1 amide bonds. The van der Waals surface area contributed by atoms with Crippen molar-refractivity contribution in [2.75, 3.05) is 6.54 Å². The number of aliphatic carboxylic acids is 1. The minimum Gasteiger partial charge on any atom is -0.480 e. The Morgan fingerprint density at radius 2 is 1.24 bits per heavy atom. The summed E-state index contributed by atoms with van der Waals surface area (Å²) in [5, 5.41) is 11.0. The van der Waals surface area contributed by atoms with Crippen molar-refractivity contribution < 1.29 is 24.2 Å². The van der Waals surface area contributed by atoms with Gasteiger partial charge in [0.15, 0.2) is 0 Å². The molecule has 0 aromatic carbocycles. The molecule has 0 bridgehead atoms. The maximum Gasteiger partial charge on any atom is 0.322 e. The molecule has 240 valence electrons. The van der Waals surface area contributed by atoms with Crippen LogP contribution in [0, 0.1) is 0 Å². The van der Waals surface area contributed by atoms with E-state index in [4.69, 9.17) is 9.84 Å². The van der Waals surface area contributed by atoms with Crippen molar-refractivity contribution in [3.05, 3.63) is 48.6 Å². The number of hydrogen-bond acceptors (Lipinski definition) is 4. The van der Waals surface area contributed by atoms with Gasteiger partial charge in [-0.05, 0) is 76.7 Å². The van der Waals surface area contributed by atoms with E-state index in [1.807, 2.05) is 0 Å². The van der Waals surface area contributed by atoms with Gasteiger partial charge in [-0.3, -0.25) is 14.4 Å². The first kappa shape index (κ1) is 39.4. The summed E-state index contributed by atoms with van der Waals surface area (Å²) in [5.41, 5.74) is 0. The van der Waals surface area contributed by atoms with Crippen LogP contribution in [-0.2, 0) is 19.1 Å². The lowest BCUT2D eigenvalue weighted by Gasteiger charge is -2.15. The van der Waals surface area contributed by atoms with Gasteiger partial charge in [0.1, 0.15) is 12.6 Å². The number of rotatable bonds is 29. The van der Waals surface area contributed by atoms with Crippen molar-refractivity contribution in [3.63, 3.8) is 0 Å². The standard InChI is InChI=1S/C36H61NO5/c1-3-5-7-9-11-13-14-15-16-17-19-21-27-31-36(41)42-33(28-24-20-18-12-10-8-6-4-2)29-25-22-23-26-30-34(38)37-32-35(39)40/h5,7,11,13,15-16,24,28,33H,3-4,6,8-10,12,14,17-23,25-27,29-32H2,1-2H3,(H,37,38)(H,39,40)/b7-5-,13-11-,16-15-,28-24-. The maximum absolute atomic E-state index is 12.5. The van der Waals surface area contributed by atoms with E-state index in [1.54, 1.807) is 0 Å². The SMILES string of the molecule is CC/C=C\C/C=C\C/C=C\CCCCCC(=O)OC(/C=C\CCCCCCCC)CCCCCCC(=O)NCC(=O)O. The largest absolute Gasteiger partial charge is 0.480 e. The van der Waals surface area contributed by atoms with Crippen LogP contribution in [0.15, 0.2) is 48.6 Å². The van der Waals surface area contributed by atoms with Crippen LogP contribution in [0.3, 0.4) is 0 Å². The molecule has 1 atom stereocenters. The highest BCUT2D eigenvalue weighted by Crippen LogP contribution is 2.14. The number of amides is 1. The second kappa shape index (κ2) is 31.3. The van der Waals surface area contributed by atoms with Crippen molar-refractivity contribution in [1.29, 1.82) is 0 Å². The predicted octanol–water partition coefficient (Wildman–Crippen LogP) is 9.56. The summed E-state index contributed by atoms with van der Waals surface area (Å²) in [6.07, 6.45) is 38.1. The van der Waals surface area contributed by atoms with E-state index < -0.39 is 5.97 Å². The first-order valence-electron chi connectivity index (χ1n) is 16.8. The van der Waals surface area contributed by atoms with Crippen LogP contribution in [0.25, 0.3) is 0 Å². The van der Waals surface area contributed by atoms with Gasteiger partial charge >= 0.3 is 11.9 Å². The number of esters is 1. The molecule has 42 heavy (non-hydrogen) atoms. The molecule has 0 aliphatic heterocycles. The van der Waals surface area contributed by atoms with Crippen molar-refractivity contribution in [3.8, 4) is 0 Å². The second-order valence-corrected chi connectivity index (χ2v) is 11.0. The number of carboxylic acid groups (broad SMARTS) is 1. The fourth-order valence-electron chi connectivity index (χ4n) is 4.49. The minimum atomic E-state index is -1.03. The average molecular weight is 588 g/mol. The lowest BCUT2D eigenvalue weighted by Crippen LogP contribution is -2.28. The van der Waals surface area contributed by atoms with E-state index in [0.29, 0.717) is 12.8 Å². The predicted molar refractivity (Wildman–Crippen MR) is 175 cm³/mol. The molecule has 0 aliphatic rings. The quantitative estimate of drug-likeness (QED) is 0.0516. The van der Waals surface area contributed by atoms with Crippen molar-refractivity contribution in [1.82, 2.24) is 5.32 Å². The summed E-state index contributed by atoms with van der Waals surface area (Å²) < 4.78 is 5.84. The lowest BCUT2D eigenvalue weighted by atomic mass is 10.1. The Labute approximate surface area is 257 Å². The topological polar surface area (TPSA) is 92.7 Å². The maximum atomic E-state index is 12.5. The fraction of sp³-hybridized carbons (Fsp3) is 0.694. The van der Waals surface area contributed by atoms with Gasteiger partial charge < -0.3 is 15.2 Å². The summed E-state index contributed by atoms with van der Waals surface area (Å²) in [6.45, 7) is 4.05. The summed E-state index contributed by atoms with van der Waals surface area (Å²) in [6, 6.07) is 0. The van der Waals surface area contributed by atoms with Gasteiger partial charge in [0.2, 0.25) is 5.91 Å². The highest BCUT2D eigenvalue weighted by Gasteiger charge is 2.11. The molecule has 0 saturated carbocycles. The third-order valence-electron chi connectivity index (χ3n) is 6.97. The Balaban J connectivity index is 4.28. The fourth-order valence-corrected chi connectivity index (χ4v) is 4.49. The van der Waals surface area contributed by atoms with Crippen molar-refractivity contribution in [2.24, 2.45) is 0 Å². The molecular formula is C36H61NO5. The average Bonchev–Trinajstić information content (AvgIpc) is 2.97. The van der Waals surface area contributed by atoms with E-state index in [-0.39, 0.29) is 24.5 Å². The third kappa shape index (κ3) is 30.3. The van der Waals surface area contributed by atoms with E-state index in [2.05, 4.69) is 67.8 Å². The summed E-state index contributed by atoms with van der Waals surface area (Å²) >= 11 is 0. The molecule has 0 rings (SSSR count). The van der Waals surface area contributed by atoms with Crippen molar-refractivity contribution in [2.45, 2.75) is 155 Å². The molecule has 0 spiro atoms. The first-order valence-corrected chi connectivity index (χ1v) is 16.8. The molecular weight excluding hydrogens is 526 g/mol. The number of ether oxygens (including phenoxy) is 1. The number of unbranched alkanes of at least 4 members (excludes halogenated alkanes) is 12. The molecule has 1 unspecified atom stereocenters. The molecule has 6 heteroatoms. The molecule has 0 fully saturated rings. The Kier molecular flexibility index (Phi) is 29.3. The molecule has 0 aliphatic carbocycles. The van der Waals surface area contributed by atoms with Gasteiger partial charge in [-0.1, -0.05) is 108 Å². The molecule has 0 radical (unpaired) electrons. The van der Waals surface area contributed by atoms with Crippen molar-refractivity contribution >= 4 is 17.8 Å². The van der Waals surface area contributed by atoms with Gasteiger partial charge in [0.25, 0.3) is 0 Å². The van der Waals surface area contributed by atoms with E-state index in [9.17, 15) is 14.4 Å². The molecule has 2 N–H and O–H groups in total. The zero-order chi connectivity index (χ0) is 30.9. The number of carbonyl (C=O) groups excluding carboxylic acids is 2. The Hall–Kier alpha value is -2.63. The highest BCUT2D eigenvalue weighted by molar-refractivity contribution is 5.80. The molecule has 0 aromatic rings. The van der Waals surface area contributed by atoms with Gasteiger partial charge in [-0.2, -0.15) is 0 Å². The summed E-state index contributed by atoms with van der Waals surface area (Å²) in [7, 11) is 0. The monoisotopic (exact) mass is 587 g/mol. The smallest absolute Gasteiger partial charge is 0.322 e. The van der Waals surface area contributed by atoms with Gasteiger partial charge in [0.05, 0.1) is 0 Å². The summed E-state index contributed by atoms with van der Waals surface area (Å²) in [5.74, 6) is -1.37. The minimum absolute atomic E-state index is 0.114. The van der Waals surface area contributed by atoms with Gasteiger partial charge in [-0.15, -0.1) is 0 Å². The second-order valence-electron chi connectivity index (χ2n) is 11.0. The third-order valence-corrected chi connectivity index (χ3v) is 6.97. The van der Waals surface area contributed by atoms with E-state index in [0.717, 1.165) is 83.5 Å². The number of carbonyl (C=O) groups is 3. The van der Waals surface area contributed by atoms with E-state index in [1.165, 1.54) is 38.5 Å². The van der Waals surface area contributed by atoms with Gasteiger partial charge in [0, 0.05) is 12.8 Å². The first-order chi connectivity index (χ1) is 20.5. The molecule has 6 nitrogen and oxygen atoms in total. The van der Waals surface area contributed by atoms with Crippen LogP contribution in [0.5, 0.6) is 0 Å². The number of allylic oxidation sites excluding steroid dienone is 7. The molecule has 0 saturated heterocycles. The molecule has 0 heterocycles. The normalized spacial score (nSPS) is 12.6. The number of nitrogens with one attached hydrogen (secondary N) is 1. The molecule has 0 aromatic heterocycles. The van der Waals surface area contributed by atoms with Crippen LogP contribution in [0.4, 0.5) is 0 Å². The van der Waals surface area contributed by atoms with Crippen LogP contribution in [0.2, 0.25) is 0 Å². The van der Waals surface area contributed by atoms with E-state index >= 15 is 0 Å². The lowest BCUT2D eigenvalue weighted by molar-refractivity contribution is -0.147. The van der Waals surface area contributed by atoms with Crippen LogP contribution < -0.4 is 5.32 Å². The zero-order valence-corrected chi connectivity index (χ0v) is 26.8. The highest BCUT2D eigenvalue weighted by atomic mass is 16.5. The number of hydrogen-bond donors (Lipinski definition) is 2. The van der Waals surface area contributed by atoms with Gasteiger partial charge in [-0.25, -0.2) is 0 Å². The Morgan fingerprint density at radius 3 is 1.95 bits per heavy atom. The van der Waals surface area contributed by atoms with Crippen LogP contribution >= 0.6 is 0 Å².